The van der Waals surface area contributed by atoms with Crippen molar-refractivity contribution in [2.24, 2.45) is 5.92 Å². The normalized spacial score (nSPS) is 22.6. The molecule has 0 saturated carbocycles. The van der Waals surface area contributed by atoms with Crippen molar-refractivity contribution in [3.63, 3.8) is 0 Å². The highest BCUT2D eigenvalue weighted by molar-refractivity contribution is 5.98. The number of aromatic nitrogens is 1. The highest BCUT2D eigenvalue weighted by atomic mass is 16.4. The molecule has 0 radical (unpaired) electrons. The van der Waals surface area contributed by atoms with Crippen molar-refractivity contribution in [3.8, 4) is 0 Å². The minimum Gasteiger partial charge on any atom is -0.476 e. The molecule has 2 heterocycles. The molecule has 2 amide bonds. The second kappa shape index (κ2) is 6.53. The van der Waals surface area contributed by atoms with Crippen molar-refractivity contribution in [1.29, 1.82) is 0 Å². The van der Waals surface area contributed by atoms with Gasteiger partial charge in [-0.05, 0) is 38.1 Å². The van der Waals surface area contributed by atoms with Crippen LogP contribution in [-0.2, 0) is 0 Å². The van der Waals surface area contributed by atoms with Gasteiger partial charge in [0, 0.05) is 18.8 Å². The van der Waals surface area contributed by atoms with Crippen LogP contribution >= 0.6 is 0 Å². The third kappa shape index (κ3) is 3.91. The van der Waals surface area contributed by atoms with Gasteiger partial charge in [0.1, 0.15) is 0 Å². The minimum atomic E-state index is -1.17. The lowest BCUT2D eigenvalue weighted by molar-refractivity contribution is 0.0691. The highest BCUT2D eigenvalue weighted by Crippen LogP contribution is 2.16. The maximum absolute atomic E-state index is 12.0. The first kappa shape index (κ1) is 15.2. The number of likely N-dealkylation sites (tertiary alicyclic amines) is 1. The topological polar surface area (TPSA) is 94.6 Å². The predicted octanol–water partition coefficient (Wildman–Crippen LogP) is 1.24. The van der Waals surface area contributed by atoms with Crippen molar-refractivity contribution < 1.29 is 14.7 Å². The van der Waals surface area contributed by atoms with Crippen LogP contribution in [0.25, 0.3) is 0 Å². The van der Waals surface area contributed by atoms with Crippen molar-refractivity contribution in [1.82, 2.24) is 15.2 Å². The second-order valence-corrected chi connectivity index (χ2v) is 5.44. The SMILES string of the molecule is CC1CN(C)CCC1NC(=O)Nc1cccnc1C(=O)O. The number of carboxylic acid groups (broad SMARTS) is 1. The number of nitrogens with one attached hydrogen (secondary N) is 2. The summed E-state index contributed by atoms with van der Waals surface area (Å²) in [5.41, 5.74) is 0.0344. The molecule has 7 heteroatoms. The van der Waals surface area contributed by atoms with Gasteiger partial charge in [0.2, 0.25) is 0 Å². The molecule has 1 saturated heterocycles. The molecule has 1 aromatic heterocycles. The van der Waals surface area contributed by atoms with E-state index in [-0.39, 0.29) is 17.4 Å². The Morgan fingerprint density at radius 2 is 2.24 bits per heavy atom. The molecule has 114 valence electrons. The van der Waals surface area contributed by atoms with Gasteiger partial charge in [0.05, 0.1) is 5.69 Å². The quantitative estimate of drug-likeness (QED) is 0.779. The van der Waals surface area contributed by atoms with Crippen LogP contribution in [0.2, 0.25) is 0 Å². The highest BCUT2D eigenvalue weighted by Gasteiger charge is 2.25. The van der Waals surface area contributed by atoms with E-state index < -0.39 is 12.0 Å². The zero-order valence-corrected chi connectivity index (χ0v) is 12.2. The maximum Gasteiger partial charge on any atom is 0.356 e. The maximum atomic E-state index is 12.0. The number of anilines is 1. The zero-order chi connectivity index (χ0) is 15.4. The number of carboxylic acids is 1. The molecular weight excluding hydrogens is 272 g/mol. The Hall–Kier alpha value is -2.15. The van der Waals surface area contributed by atoms with Gasteiger partial charge in [-0.25, -0.2) is 14.6 Å². The predicted molar refractivity (Wildman–Crippen MR) is 78.4 cm³/mol. The van der Waals surface area contributed by atoms with Gasteiger partial charge < -0.3 is 20.6 Å². The van der Waals surface area contributed by atoms with Gasteiger partial charge in [0.15, 0.2) is 5.69 Å². The van der Waals surface area contributed by atoms with Crippen LogP contribution in [0.5, 0.6) is 0 Å². The summed E-state index contributed by atoms with van der Waals surface area (Å²) >= 11 is 0. The average molecular weight is 292 g/mol. The molecule has 2 unspecified atom stereocenters. The molecular formula is C14H20N4O3. The standard InChI is InChI=1S/C14H20N4O3/c1-9-8-18(2)7-5-10(9)16-14(21)17-11-4-3-6-15-12(11)13(19)20/h3-4,6,9-10H,5,7-8H2,1-2H3,(H,19,20)(H2,16,17,21). The van der Waals surface area contributed by atoms with Crippen LogP contribution in [-0.4, -0.2) is 53.2 Å². The molecule has 1 aromatic rings. The summed E-state index contributed by atoms with van der Waals surface area (Å²) < 4.78 is 0. The average Bonchev–Trinajstić information content (AvgIpc) is 2.42. The molecule has 0 aliphatic carbocycles. The van der Waals surface area contributed by atoms with E-state index in [0.29, 0.717) is 5.92 Å². The third-order valence-electron chi connectivity index (χ3n) is 3.68. The van der Waals surface area contributed by atoms with Gasteiger partial charge in [-0.15, -0.1) is 0 Å². The van der Waals surface area contributed by atoms with E-state index in [9.17, 15) is 9.59 Å². The third-order valence-corrected chi connectivity index (χ3v) is 3.68. The molecule has 0 bridgehead atoms. The lowest BCUT2D eigenvalue weighted by Gasteiger charge is -2.35. The summed E-state index contributed by atoms with van der Waals surface area (Å²) in [5, 5.41) is 14.5. The van der Waals surface area contributed by atoms with E-state index in [1.165, 1.54) is 12.3 Å². The van der Waals surface area contributed by atoms with Gasteiger partial charge in [-0.2, -0.15) is 0 Å². The molecule has 3 N–H and O–H groups in total. The van der Waals surface area contributed by atoms with E-state index in [1.807, 2.05) is 0 Å². The lowest BCUT2D eigenvalue weighted by atomic mass is 9.94. The summed E-state index contributed by atoms with van der Waals surface area (Å²) in [7, 11) is 2.06. The van der Waals surface area contributed by atoms with Crippen molar-refractivity contribution >= 4 is 17.7 Å². The monoisotopic (exact) mass is 292 g/mol. The van der Waals surface area contributed by atoms with Crippen molar-refractivity contribution in [3.05, 3.63) is 24.0 Å². The molecule has 1 aliphatic rings. The number of pyridine rings is 1. The number of amides is 2. The second-order valence-electron chi connectivity index (χ2n) is 5.44. The van der Waals surface area contributed by atoms with Crippen LogP contribution in [0, 0.1) is 5.92 Å². The first-order valence-corrected chi connectivity index (χ1v) is 6.91. The Morgan fingerprint density at radius 1 is 1.48 bits per heavy atom. The Balaban J connectivity index is 1.98. The summed E-state index contributed by atoms with van der Waals surface area (Å²) in [4.78, 5) is 29.0. The van der Waals surface area contributed by atoms with E-state index in [2.05, 4.69) is 34.5 Å². The first-order chi connectivity index (χ1) is 9.97. The molecule has 21 heavy (non-hydrogen) atoms. The number of piperidine rings is 1. The van der Waals surface area contributed by atoms with Gasteiger partial charge >= 0.3 is 12.0 Å². The Kier molecular flexibility index (Phi) is 4.74. The van der Waals surface area contributed by atoms with Crippen LogP contribution in [0.4, 0.5) is 10.5 Å². The fourth-order valence-corrected chi connectivity index (χ4v) is 2.57. The van der Waals surface area contributed by atoms with Crippen molar-refractivity contribution in [2.75, 3.05) is 25.5 Å². The number of hydrogen-bond acceptors (Lipinski definition) is 4. The zero-order valence-electron chi connectivity index (χ0n) is 12.2. The fourth-order valence-electron chi connectivity index (χ4n) is 2.57. The number of aromatic carboxylic acids is 1. The largest absolute Gasteiger partial charge is 0.476 e. The number of carbonyl (C=O) groups excluding carboxylic acids is 1. The van der Waals surface area contributed by atoms with Crippen LogP contribution in [0.3, 0.4) is 0 Å². The summed E-state index contributed by atoms with van der Waals surface area (Å²) in [6.45, 7) is 3.95. The van der Waals surface area contributed by atoms with Crippen LogP contribution in [0.15, 0.2) is 18.3 Å². The first-order valence-electron chi connectivity index (χ1n) is 6.91. The smallest absolute Gasteiger partial charge is 0.356 e. The van der Waals surface area contributed by atoms with Crippen LogP contribution in [0.1, 0.15) is 23.8 Å². The summed E-state index contributed by atoms with van der Waals surface area (Å²) in [5.74, 6) is -0.819. The number of nitrogens with zero attached hydrogens (tertiary/aromatic N) is 2. The molecule has 0 aromatic carbocycles. The number of rotatable bonds is 3. The molecule has 2 atom stereocenters. The summed E-state index contributed by atoms with van der Waals surface area (Å²) in [6, 6.07) is 2.80. The molecule has 7 nitrogen and oxygen atoms in total. The van der Waals surface area contributed by atoms with E-state index in [4.69, 9.17) is 5.11 Å². The fraction of sp³-hybridized carbons (Fsp3) is 0.500. The number of hydrogen-bond donors (Lipinski definition) is 3. The van der Waals surface area contributed by atoms with Gasteiger partial charge in [-0.1, -0.05) is 6.92 Å². The van der Waals surface area contributed by atoms with Gasteiger partial charge in [0.25, 0.3) is 0 Å². The minimum absolute atomic E-state index is 0.0890. The van der Waals surface area contributed by atoms with Crippen molar-refractivity contribution in [2.45, 2.75) is 19.4 Å². The van der Waals surface area contributed by atoms with E-state index in [0.717, 1.165) is 19.5 Å². The Labute approximate surface area is 123 Å². The number of carbonyl (C=O) groups is 2. The Morgan fingerprint density at radius 3 is 2.90 bits per heavy atom. The molecule has 2 rings (SSSR count). The van der Waals surface area contributed by atoms with Gasteiger partial charge in [-0.3, -0.25) is 0 Å². The number of urea groups is 1. The molecule has 1 aliphatic heterocycles. The molecule has 0 spiro atoms. The molecule has 1 fully saturated rings. The van der Waals surface area contributed by atoms with E-state index >= 15 is 0 Å². The van der Waals surface area contributed by atoms with Crippen LogP contribution < -0.4 is 10.6 Å². The Bertz CT molecular complexity index is 535. The lowest BCUT2D eigenvalue weighted by Crippen LogP contribution is -2.50. The van der Waals surface area contributed by atoms with E-state index in [1.54, 1.807) is 6.07 Å². The summed E-state index contributed by atoms with van der Waals surface area (Å²) in [6.07, 6.45) is 2.26.